The monoisotopic (exact) mass is 240 g/mol. The van der Waals surface area contributed by atoms with E-state index in [-0.39, 0.29) is 5.97 Å². The van der Waals surface area contributed by atoms with Gasteiger partial charge in [0, 0.05) is 6.04 Å². The van der Waals surface area contributed by atoms with E-state index in [0.717, 1.165) is 12.5 Å². The van der Waals surface area contributed by atoms with Gasteiger partial charge in [-0.2, -0.15) is 0 Å². The highest BCUT2D eigenvalue weighted by Gasteiger charge is 2.34. The molecule has 2 heterocycles. The molecule has 17 heavy (non-hydrogen) atoms. The van der Waals surface area contributed by atoms with E-state index < -0.39 is 0 Å². The lowest BCUT2D eigenvalue weighted by Crippen LogP contribution is -2.43. The predicted octanol–water partition coefficient (Wildman–Crippen LogP) is 0.966. The highest BCUT2D eigenvalue weighted by Crippen LogP contribution is 2.30. The topological polar surface area (TPSA) is 32.8 Å². The fraction of sp³-hybridized carbons (Fsp3) is 0.923. The van der Waals surface area contributed by atoms with E-state index in [1.807, 2.05) is 0 Å². The molecule has 2 aliphatic rings. The molecule has 0 saturated carbocycles. The maximum atomic E-state index is 11.4. The summed E-state index contributed by atoms with van der Waals surface area (Å²) in [4.78, 5) is 16.1. The molecule has 4 nitrogen and oxygen atoms in total. The van der Waals surface area contributed by atoms with Crippen LogP contribution in [0, 0.1) is 5.92 Å². The number of carbonyl (C=O) groups is 1. The number of esters is 1. The molecule has 0 aromatic rings. The van der Waals surface area contributed by atoms with E-state index in [4.69, 9.17) is 4.74 Å². The minimum atomic E-state index is -0.0928. The maximum absolute atomic E-state index is 11.4. The summed E-state index contributed by atoms with van der Waals surface area (Å²) in [6, 6.07) is 0.614. The van der Waals surface area contributed by atoms with Crippen molar-refractivity contribution in [3.63, 3.8) is 0 Å². The van der Waals surface area contributed by atoms with Crippen LogP contribution < -0.4 is 0 Å². The number of hydrogen-bond donors (Lipinski definition) is 0. The van der Waals surface area contributed by atoms with Crippen molar-refractivity contribution >= 4 is 5.97 Å². The third-order valence-electron chi connectivity index (χ3n) is 4.28. The van der Waals surface area contributed by atoms with Gasteiger partial charge in [-0.15, -0.1) is 0 Å². The third-order valence-corrected chi connectivity index (χ3v) is 4.28. The molecule has 0 unspecified atom stereocenters. The van der Waals surface area contributed by atoms with Gasteiger partial charge in [0.15, 0.2) is 0 Å². The molecule has 98 valence electrons. The van der Waals surface area contributed by atoms with Gasteiger partial charge in [0.05, 0.1) is 13.7 Å². The van der Waals surface area contributed by atoms with Gasteiger partial charge < -0.3 is 9.64 Å². The van der Waals surface area contributed by atoms with Crippen LogP contribution in [-0.4, -0.2) is 62.1 Å². The molecule has 0 aromatic carbocycles. The molecule has 0 spiro atoms. The summed E-state index contributed by atoms with van der Waals surface area (Å²) in [6.45, 7) is 3.94. The quantitative estimate of drug-likeness (QED) is 0.688. The lowest BCUT2D eigenvalue weighted by Gasteiger charge is -2.36. The molecule has 0 aromatic heterocycles. The van der Waals surface area contributed by atoms with Crippen molar-refractivity contribution in [1.29, 1.82) is 0 Å². The van der Waals surface area contributed by atoms with Crippen LogP contribution in [0.3, 0.4) is 0 Å². The first-order valence-corrected chi connectivity index (χ1v) is 6.70. The van der Waals surface area contributed by atoms with Crippen molar-refractivity contribution < 1.29 is 9.53 Å². The van der Waals surface area contributed by atoms with E-state index >= 15 is 0 Å². The Labute approximate surface area is 104 Å². The lowest BCUT2D eigenvalue weighted by atomic mass is 9.88. The van der Waals surface area contributed by atoms with Crippen molar-refractivity contribution in [3.8, 4) is 0 Å². The standard InChI is InChI=1S/C13H24N2O2/c1-14-8-5-11(6-9-14)12-4-3-7-15(12)10-13(16)17-2/h11-12H,3-10H2,1-2H3/t12-/m0/s1. The molecular formula is C13H24N2O2. The number of hydrogen-bond acceptors (Lipinski definition) is 4. The highest BCUT2D eigenvalue weighted by molar-refractivity contribution is 5.71. The number of carbonyl (C=O) groups excluding carboxylic acids is 1. The third kappa shape index (κ3) is 3.19. The molecule has 0 N–H and O–H groups in total. The molecule has 2 rings (SSSR count). The zero-order chi connectivity index (χ0) is 12.3. The summed E-state index contributed by atoms with van der Waals surface area (Å²) in [6.07, 6.45) is 5.04. The van der Waals surface area contributed by atoms with Crippen LogP contribution >= 0.6 is 0 Å². The lowest BCUT2D eigenvalue weighted by molar-refractivity contribution is -0.142. The Morgan fingerprint density at radius 3 is 2.59 bits per heavy atom. The van der Waals surface area contributed by atoms with Crippen LogP contribution in [0.2, 0.25) is 0 Å². The summed E-state index contributed by atoms with van der Waals surface area (Å²) >= 11 is 0. The molecule has 0 amide bonds. The molecule has 4 heteroatoms. The minimum Gasteiger partial charge on any atom is -0.468 e. The highest BCUT2D eigenvalue weighted by atomic mass is 16.5. The predicted molar refractivity (Wildman–Crippen MR) is 66.8 cm³/mol. The van der Waals surface area contributed by atoms with Gasteiger partial charge in [-0.25, -0.2) is 0 Å². The Morgan fingerprint density at radius 1 is 1.24 bits per heavy atom. The Bertz CT molecular complexity index is 262. The second kappa shape index (κ2) is 5.83. The largest absolute Gasteiger partial charge is 0.468 e. The zero-order valence-electron chi connectivity index (χ0n) is 11.0. The first-order valence-electron chi connectivity index (χ1n) is 6.70. The summed E-state index contributed by atoms with van der Waals surface area (Å²) in [5.74, 6) is 0.684. The van der Waals surface area contributed by atoms with Crippen molar-refractivity contribution in [1.82, 2.24) is 9.80 Å². The van der Waals surface area contributed by atoms with Crippen molar-refractivity contribution in [2.75, 3.05) is 40.3 Å². The number of ether oxygens (including phenoxy) is 1. The molecule has 2 fully saturated rings. The Balaban J connectivity index is 1.88. The van der Waals surface area contributed by atoms with E-state index in [1.54, 1.807) is 0 Å². The van der Waals surface area contributed by atoms with Gasteiger partial charge in [0.1, 0.15) is 0 Å². The molecule has 2 aliphatic heterocycles. The van der Waals surface area contributed by atoms with Crippen LogP contribution in [0.5, 0.6) is 0 Å². The summed E-state index contributed by atoms with van der Waals surface area (Å²) in [5, 5.41) is 0. The summed E-state index contributed by atoms with van der Waals surface area (Å²) in [7, 11) is 3.67. The van der Waals surface area contributed by atoms with Gasteiger partial charge in [-0.3, -0.25) is 9.69 Å². The Kier molecular flexibility index (Phi) is 4.40. The number of piperidine rings is 1. The number of methoxy groups -OCH3 is 1. The van der Waals surface area contributed by atoms with Crippen molar-refractivity contribution in [3.05, 3.63) is 0 Å². The first-order chi connectivity index (χ1) is 8.20. The van der Waals surface area contributed by atoms with Gasteiger partial charge in [-0.05, 0) is 58.3 Å². The fourth-order valence-electron chi connectivity index (χ4n) is 3.23. The van der Waals surface area contributed by atoms with Crippen LogP contribution in [-0.2, 0) is 9.53 Å². The van der Waals surface area contributed by atoms with Gasteiger partial charge in [0.2, 0.25) is 0 Å². The summed E-state index contributed by atoms with van der Waals surface area (Å²) < 4.78 is 4.78. The van der Waals surface area contributed by atoms with Crippen LogP contribution in [0.15, 0.2) is 0 Å². The molecular weight excluding hydrogens is 216 g/mol. The zero-order valence-corrected chi connectivity index (χ0v) is 11.0. The first kappa shape index (κ1) is 12.8. The second-order valence-electron chi connectivity index (χ2n) is 5.40. The van der Waals surface area contributed by atoms with Crippen molar-refractivity contribution in [2.45, 2.75) is 31.7 Å². The smallest absolute Gasteiger partial charge is 0.319 e. The average molecular weight is 240 g/mol. The summed E-state index contributed by atoms with van der Waals surface area (Å²) in [5.41, 5.74) is 0. The van der Waals surface area contributed by atoms with Gasteiger partial charge >= 0.3 is 5.97 Å². The molecule has 0 bridgehead atoms. The van der Waals surface area contributed by atoms with E-state index in [1.165, 1.54) is 45.9 Å². The number of likely N-dealkylation sites (tertiary alicyclic amines) is 2. The maximum Gasteiger partial charge on any atom is 0.319 e. The van der Waals surface area contributed by atoms with Crippen molar-refractivity contribution in [2.24, 2.45) is 5.92 Å². The molecule has 1 atom stereocenters. The SMILES string of the molecule is COC(=O)CN1CCC[C@H]1C1CCN(C)CC1. The Morgan fingerprint density at radius 2 is 1.94 bits per heavy atom. The fourth-order valence-corrected chi connectivity index (χ4v) is 3.23. The van der Waals surface area contributed by atoms with Gasteiger partial charge in [-0.1, -0.05) is 0 Å². The van der Waals surface area contributed by atoms with Crippen LogP contribution in [0.25, 0.3) is 0 Å². The van der Waals surface area contributed by atoms with E-state index in [0.29, 0.717) is 12.6 Å². The Hall–Kier alpha value is -0.610. The van der Waals surface area contributed by atoms with Crippen LogP contribution in [0.1, 0.15) is 25.7 Å². The van der Waals surface area contributed by atoms with Crippen LogP contribution in [0.4, 0.5) is 0 Å². The normalized spacial score (nSPS) is 28.5. The average Bonchev–Trinajstić information content (AvgIpc) is 2.78. The van der Waals surface area contributed by atoms with E-state index in [2.05, 4.69) is 16.8 Å². The second-order valence-corrected chi connectivity index (χ2v) is 5.40. The number of rotatable bonds is 3. The molecule has 0 radical (unpaired) electrons. The molecule has 2 saturated heterocycles. The molecule has 0 aliphatic carbocycles. The minimum absolute atomic E-state index is 0.0928. The van der Waals surface area contributed by atoms with E-state index in [9.17, 15) is 4.79 Å². The number of nitrogens with zero attached hydrogens (tertiary/aromatic N) is 2. The van der Waals surface area contributed by atoms with Gasteiger partial charge in [0.25, 0.3) is 0 Å².